The Balaban J connectivity index is 1.60. The second kappa shape index (κ2) is 5.27. The van der Waals surface area contributed by atoms with E-state index in [1.54, 1.807) is 12.1 Å². The Morgan fingerprint density at radius 1 is 1.00 bits per heavy atom. The molecule has 0 spiro atoms. The fourth-order valence-electron chi connectivity index (χ4n) is 3.64. The maximum absolute atomic E-state index is 12.3. The number of benzene rings is 1. The summed E-state index contributed by atoms with van der Waals surface area (Å²) in [5.41, 5.74) is 1.54. The molecule has 4 nitrogen and oxygen atoms in total. The van der Waals surface area contributed by atoms with Crippen LogP contribution in [-0.4, -0.2) is 11.8 Å². The third-order valence-electron chi connectivity index (χ3n) is 4.55. The van der Waals surface area contributed by atoms with Crippen LogP contribution in [0.2, 0.25) is 0 Å². The lowest BCUT2D eigenvalue weighted by Crippen LogP contribution is -2.27. The summed E-state index contributed by atoms with van der Waals surface area (Å²) in [7, 11) is 0. The summed E-state index contributed by atoms with van der Waals surface area (Å²) in [5.74, 6) is 1.63. The SMILES string of the molecule is CC(=O)Nc1ccc(NC(=O)C2CC3CCC2C3)cc1. The molecule has 3 rings (SSSR count). The number of carbonyl (C=O) groups excluding carboxylic acids is 2. The van der Waals surface area contributed by atoms with Gasteiger partial charge in [-0.3, -0.25) is 9.59 Å². The molecule has 20 heavy (non-hydrogen) atoms. The van der Waals surface area contributed by atoms with Crippen LogP contribution in [0.3, 0.4) is 0 Å². The number of hydrogen-bond acceptors (Lipinski definition) is 2. The molecule has 3 unspecified atom stereocenters. The fourth-order valence-corrected chi connectivity index (χ4v) is 3.64. The second-order valence-corrected chi connectivity index (χ2v) is 6.03. The van der Waals surface area contributed by atoms with E-state index in [0.717, 1.165) is 23.7 Å². The van der Waals surface area contributed by atoms with Gasteiger partial charge in [-0.05, 0) is 55.4 Å². The van der Waals surface area contributed by atoms with Gasteiger partial charge in [0, 0.05) is 24.2 Å². The van der Waals surface area contributed by atoms with Crippen LogP contribution < -0.4 is 10.6 Å². The van der Waals surface area contributed by atoms with E-state index in [-0.39, 0.29) is 17.7 Å². The summed E-state index contributed by atoms with van der Waals surface area (Å²) in [6.45, 7) is 1.48. The molecule has 2 N–H and O–H groups in total. The Labute approximate surface area is 118 Å². The monoisotopic (exact) mass is 272 g/mol. The first-order valence-electron chi connectivity index (χ1n) is 7.30. The van der Waals surface area contributed by atoms with Gasteiger partial charge in [-0.2, -0.15) is 0 Å². The molecule has 0 radical (unpaired) electrons. The van der Waals surface area contributed by atoms with Gasteiger partial charge in [-0.25, -0.2) is 0 Å². The third kappa shape index (κ3) is 2.69. The highest BCUT2D eigenvalue weighted by atomic mass is 16.2. The van der Waals surface area contributed by atoms with Crippen molar-refractivity contribution in [2.45, 2.75) is 32.6 Å². The van der Waals surface area contributed by atoms with Crippen molar-refractivity contribution in [1.29, 1.82) is 0 Å². The molecule has 2 fully saturated rings. The lowest BCUT2D eigenvalue weighted by atomic mass is 9.88. The standard InChI is InChI=1S/C16H20N2O2/c1-10(19)17-13-4-6-14(7-5-13)18-16(20)15-9-11-2-3-12(15)8-11/h4-7,11-12,15H,2-3,8-9H2,1H3,(H,17,19)(H,18,20). The summed E-state index contributed by atoms with van der Waals surface area (Å²) >= 11 is 0. The number of nitrogens with one attached hydrogen (secondary N) is 2. The van der Waals surface area contributed by atoms with Crippen LogP contribution in [0, 0.1) is 17.8 Å². The Hall–Kier alpha value is -1.84. The van der Waals surface area contributed by atoms with Crippen molar-refractivity contribution in [1.82, 2.24) is 0 Å². The summed E-state index contributed by atoms with van der Waals surface area (Å²) in [6, 6.07) is 7.27. The molecule has 0 saturated heterocycles. The predicted octanol–water partition coefficient (Wildman–Crippen LogP) is 3.02. The van der Waals surface area contributed by atoms with Crippen LogP contribution in [0.4, 0.5) is 11.4 Å². The highest BCUT2D eigenvalue weighted by molar-refractivity contribution is 5.94. The fraction of sp³-hybridized carbons (Fsp3) is 0.500. The molecule has 0 heterocycles. The Morgan fingerprint density at radius 2 is 1.65 bits per heavy atom. The third-order valence-corrected chi connectivity index (χ3v) is 4.55. The number of amides is 2. The largest absolute Gasteiger partial charge is 0.326 e. The molecule has 3 atom stereocenters. The molecular weight excluding hydrogens is 252 g/mol. The van der Waals surface area contributed by atoms with Gasteiger partial charge in [0.15, 0.2) is 0 Å². The molecule has 0 aromatic heterocycles. The quantitative estimate of drug-likeness (QED) is 0.888. The normalized spacial score (nSPS) is 27.4. The summed E-state index contributed by atoms with van der Waals surface area (Å²) < 4.78 is 0. The van der Waals surface area contributed by atoms with Gasteiger partial charge in [-0.1, -0.05) is 6.42 Å². The first-order chi connectivity index (χ1) is 9.61. The lowest BCUT2D eigenvalue weighted by Gasteiger charge is -2.20. The molecule has 4 heteroatoms. The number of anilines is 2. The molecule has 2 amide bonds. The van der Waals surface area contributed by atoms with Gasteiger partial charge in [0.2, 0.25) is 11.8 Å². The van der Waals surface area contributed by atoms with E-state index in [1.807, 2.05) is 12.1 Å². The van der Waals surface area contributed by atoms with E-state index < -0.39 is 0 Å². The molecule has 106 valence electrons. The van der Waals surface area contributed by atoms with Crippen molar-refractivity contribution < 1.29 is 9.59 Å². The minimum Gasteiger partial charge on any atom is -0.326 e. The first-order valence-corrected chi connectivity index (χ1v) is 7.30. The van der Waals surface area contributed by atoms with Crippen LogP contribution in [-0.2, 0) is 9.59 Å². The minimum atomic E-state index is -0.0937. The van der Waals surface area contributed by atoms with Crippen LogP contribution in [0.25, 0.3) is 0 Å². The van der Waals surface area contributed by atoms with Gasteiger partial charge in [0.25, 0.3) is 0 Å². The van der Waals surface area contributed by atoms with Gasteiger partial charge in [0.1, 0.15) is 0 Å². The zero-order valence-corrected chi connectivity index (χ0v) is 11.7. The highest BCUT2D eigenvalue weighted by Gasteiger charge is 2.42. The minimum absolute atomic E-state index is 0.0937. The van der Waals surface area contributed by atoms with E-state index in [0.29, 0.717) is 5.92 Å². The van der Waals surface area contributed by atoms with Crippen molar-refractivity contribution in [2.75, 3.05) is 10.6 Å². The van der Waals surface area contributed by atoms with Crippen LogP contribution in [0.5, 0.6) is 0 Å². The van der Waals surface area contributed by atoms with E-state index in [2.05, 4.69) is 10.6 Å². The molecule has 1 aromatic rings. The molecule has 0 aliphatic heterocycles. The van der Waals surface area contributed by atoms with Crippen LogP contribution in [0.15, 0.2) is 24.3 Å². The van der Waals surface area contributed by atoms with Gasteiger partial charge in [-0.15, -0.1) is 0 Å². The van der Waals surface area contributed by atoms with E-state index in [1.165, 1.54) is 26.2 Å². The molecule has 2 aliphatic rings. The first kappa shape index (κ1) is 13.2. The van der Waals surface area contributed by atoms with Gasteiger partial charge < -0.3 is 10.6 Å². The molecular formula is C16H20N2O2. The van der Waals surface area contributed by atoms with Gasteiger partial charge in [0.05, 0.1) is 0 Å². The van der Waals surface area contributed by atoms with E-state index >= 15 is 0 Å². The molecule has 2 bridgehead atoms. The second-order valence-electron chi connectivity index (χ2n) is 6.03. The summed E-state index contributed by atoms with van der Waals surface area (Å²) in [5, 5.41) is 5.71. The van der Waals surface area contributed by atoms with Crippen molar-refractivity contribution in [2.24, 2.45) is 17.8 Å². The Bertz CT molecular complexity index is 524. The van der Waals surface area contributed by atoms with E-state index in [4.69, 9.17) is 0 Å². The average Bonchev–Trinajstić information content (AvgIpc) is 3.03. The maximum atomic E-state index is 12.3. The van der Waals surface area contributed by atoms with Crippen molar-refractivity contribution >= 4 is 23.2 Å². The number of hydrogen-bond donors (Lipinski definition) is 2. The average molecular weight is 272 g/mol. The lowest BCUT2D eigenvalue weighted by molar-refractivity contribution is -0.121. The van der Waals surface area contributed by atoms with Crippen LogP contribution in [0.1, 0.15) is 32.6 Å². The molecule has 2 saturated carbocycles. The topological polar surface area (TPSA) is 58.2 Å². The Kier molecular flexibility index (Phi) is 3.47. The van der Waals surface area contributed by atoms with E-state index in [9.17, 15) is 9.59 Å². The van der Waals surface area contributed by atoms with Crippen molar-refractivity contribution in [3.63, 3.8) is 0 Å². The Morgan fingerprint density at radius 3 is 2.15 bits per heavy atom. The predicted molar refractivity (Wildman–Crippen MR) is 78.3 cm³/mol. The zero-order valence-electron chi connectivity index (χ0n) is 11.7. The smallest absolute Gasteiger partial charge is 0.227 e. The van der Waals surface area contributed by atoms with Crippen molar-refractivity contribution in [3.8, 4) is 0 Å². The van der Waals surface area contributed by atoms with Crippen molar-refractivity contribution in [3.05, 3.63) is 24.3 Å². The summed E-state index contributed by atoms with van der Waals surface area (Å²) in [4.78, 5) is 23.2. The maximum Gasteiger partial charge on any atom is 0.227 e. The van der Waals surface area contributed by atoms with Crippen LogP contribution >= 0.6 is 0 Å². The number of carbonyl (C=O) groups is 2. The molecule has 1 aromatic carbocycles. The summed E-state index contributed by atoms with van der Waals surface area (Å²) in [6.07, 6.45) is 4.81. The number of fused-ring (bicyclic) bond motifs is 2. The van der Waals surface area contributed by atoms with Gasteiger partial charge >= 0.3 is 0 Å². The molecule has 2 aliphatic carbocycles. The highest BCUT2D eigenvalue weighted by Crippen LogP contribution is 2.48. The zero-order chi connectivity index (χ0) is 14.1. The number of rotatable bonds is 3.